The Kier molecular flexibility index (Phi) is 6.37. The van der Waals surface area contributed by atoms with E-state index in [4.69, 9.17) is 16.6 Å². The van der Waals surface area contributed by atoms with Crippen molar-refractivity contribution in [2.24, 2.45) is 0 Å². The van der Waals surface area contributed by atoms with Gasteiger partial charge in [0.15, 0.2) is 11.0 Å². The number of carbonyl (C=O) groups is 1. The van der Waals surface area contributed by atoms with Crippen LogP contribution >= 0.6 is 23.4 Å². The van der Waals surface area contributed by atoms with Gasteiger partial charge in [0, 0.05) is 41.5 Å². The van der Waals surface area contributed by atoms with Crippen LogP contribution in [0.1, 0.15) is 22.5 Å². The van der Waals surface area contributed by atoms with Crippen LogP contribution in [-0.4, -0.2) is 39.2 Å². The summed E-state index contributed by atoms with van der Waals surface area (Å²) in [6, 6.07) is 18.4. The monoisotopic (exact) mass is 491 g/mol. The lowest BCUT2D eigenvalue weighted by atomic mass is 10.2. The van der Waals surface area contributed by atoms with Crippen molar-refractivity contribution in [2.45, 2.75) is 23.4 Å². The summed E-state index contributed by atoms with van der Waals surface area (Å²) < 4.78 is 0. The summed E-state index contributed by atoms with van der Waals surface area (Å²) in [5, 5.41) is 14.3. The smallest absolute Gasteiger partial charge is 0.257 e. The van der Waals surface area contributed by atoms with Gasteiger partial charge in [0.05, 0.1) is 10.6 Å². The summed E-state index contributed by atoms with van der Waals surface area (Å²) in [5.41, 5.74) is 2.09. The number of nitrogens with one attached hydrogen (secondary N) is 3. The van der Waals surface area contributed by atoms with Crippen LogP contribution in [0.25, 0.3) is 0 Å². The molecule has 0 atom stereocenters. The van der Waals surface area contributed by atoms with Gasteiger partial charge in [-0.1, -0.05) is 23.7 Å². The predicted molar refractivity (Wildman–Crippen MR) is 135 cm³/mol. The van der Waals surface area contributed by atoms with Gasteiger partial charge in [0.1, 0.15) is 11.6 Å². The van der Waals surface area contributed by atoms with Crippen LogP contribution in [-0.2, 0) is 0 Å². The quantitative estimate of drug-likeness (QED) is 0.293. The van der Waals surface area contributed by atoms with E-state index in [1.807, 2.05) is 43.3 Å². The minimum atomic E-state index is -0.249. The fraction of sp³-hybridized carbons (Fsp3) is 0.167. The lowest BCUT2D eigenvalue weighted by molar-refractivity contribution is 0.102. The summed E-state index contributed by atoms with van der Waals surface area (Å²) >= 11 is 7.58. The molecule has 2 aromatic heterocycles. The molecule has 0 radical (unpaired) electrons. The van der Waals surface area contributed by atoms with Gasteiger partial charge >= 0.3 is 0 Å². The molecule has 8 nitrogen and oxygen atoms in total. The van der Waals surface area contributed by atoms with E-state index >= 15 is 0 Å². The number of aryl methyl sites for hydroxylation is 1. The first kappa shape index (κ1) is 22.2. The zero-order valence-corrected chi connectivity index (χ0v) is 20.0. The van der Waals surface area contributed by atoms with Gasteiger partial charge in [-0.05, 0) is 61.5 Å². The third-order valence-corrected chi connectivity index (χ3v) is 6.48. The van der Waals surface area contributed by atoms with Gasteiger partial charge in [-0.2, -0.15) is 5.10 Å². The van der Waals surface area contributed by atoms with E-state index in [2.05, 4.69) is 30.7 Å². The van der Waals surface area contributed by atoms with E-state index in [9.17, 15) is 4.79 Å². The maximum absolute atomic E-state index is 12.5. The maximum atomic E-state index is 12.5. The Morgan fingerprint density at radius 1 is 1.06 bits per heavy atom. The third kappa shape index (κ3) is 5.16. The standard InChI is InChI=1S/C24H22ClN7OS/c1-15-13-21(31-30-15)27-20-14-22(32-11-4-12-32)29-24(28-20)34-17-9-7-16(8-10-17)26-23(33)18-5-2-3-6-19(18)25/h2-3,5-10,13-14H,4,11-12H2,1H3,(H,26,33)(H2,27,28,29,30,31). The molecule has 1 amide bonds. The Balaban J connectivity index is 1.31. The van der Waals surface area contributed by atoms with Gasteiger partial charge in [-0.15, -0.1) is 0 Å². The van der Waals surface area contributed by atoms with Crippen LogP contribution in [0.4, 0.5) is 23.1 Å². The van der Waals surface area contributed by atoms with Crippen LogP contribution in [0.2, 0.25) is 5.02 Å². The molecule has 4 aromatic rings. The van der Waals surface area contributed by atoms with E-state index in [0.29, 0.717) is 33.1 Å². The lowest BCUT2D eigenvalue weighted by Gasteiger charge is -2.32. The number of H-pyrrole nitrogens is 1. The minimum absolute atomic E-state index is 0.249. The number of carbonyl (C=O) groups excluding carboxylic acids is 1. The topological polar surface area (TPSA) is 98.8 Å². The SMILES string of the molecule is Cc1cc(Nc2cc(N3CCC3)nc(Sc3ccc(NC(=O)c4ccccc4Cl)cc3)n2)n[nH]1. The first-order valence-corrected chi connectivity index (χ1v) is 12.0. The summed E-state index contributed by atoms with van der Waals surface area (Å²) in [7, 11) is 0. The van der Waals surface area contributed by atoms with E-state index in [0.717, 1.165) is 35.9 Å². The number of amides is 1. The Labute approximate surface area is 206 Å². The van der Waals surface area contributed by atoms with Crippen LogP contribution in [0.15, 0.2) is 70.7 Å². The summed E-state index contributed by atoms with van der Waals surface area (Å²) in [5.74, 6) is 2.04. The molecule has 0 saturated carbocycles. The number of hydrogen-bond donors (Lipinski definition) is 3. The Morgan fingerprint density at radius 3 is 2.53 bits per heavy atom. The van der Waals surface area contributed by atoms with E-state index in [1.165, 1.54) is 11.8 Å². The van der Waals surface area contributed by atoms with Crippen LogP contribution in [0.3, 0.4) is 0 Å². The normalized spacial score (nSPS) is 12.8. The molecule has 34 heavy (non-hydrogen) atoms. The molecule has 1 aliphatic heterocycles. The predicted octanol–water partition coefficient (Wildman–Crippen LogP) is 5.52. The minimum Gasteiger partial charge on any atom is -0.356 e. The fourth-order valence-corrected chi connectivity index (χ4v) is 4.39. The van der Waals surface area contributed by atoms with E-state index in [-0.39, 0.29) is 5.91 Å². The first-order valence-electron chi connectivity index (χ1n) is 10.8. The number of anilines is 4. The van der Waals surface area contributed by atoms with Crippen LogP contribution < -0.4 is 15.5 Å². The van der Waals surface area contributed by atoms with Gasteiger partial charge in [-0.3, -0.25) is 9.89 Å². The second-order valence-corrected chi connectivity index (χ2v) is 9.30. The molecular formula is C24H22ClN7OS. The molecule has 1 fully saturated rings. The number of aromatic amines is 1. The van der Waals surface area contributed by atoms with Crippen molar-refractivity contribution in [2.75, 3.05) is 28.6 Å². The molecule has 3 heterocycles. The highest BCUT2D eigenvalue weighted by Crippen LogP contribution is 2.31. The number of aromatic nitrogens is 4. The lowest BCUT2D eigenvalue weighted by Crippen LogP contribution is -2.37. The second-order valence-electron chi connectivity index (χ2n) is 7.86. The van der Waals surface area contributed by atoms with Crippen molar-refractivity contribution in [3.63, 3.8) is 0 Å². The summed E-state index contributed by atoms with van der Waals surface area (Å²) in [6.45, 7) is 3.93. The molecule has 0 spiro atoms. The van der Waals surface area contributed by atoms with Crippen LogP contribution in [0.5, 0.6) is 0 Å². The van der Waals surface area contributed by atoms with Gasteiger partial charge < -0.3 is 15.5 Å². The molecule has 3 N–H and O–H groups in total. The second kappa shape index (κ2) is 9.74. The molecule has 1 saturated heterocycles. The first-order chi connectivity index (χ1) is 16.5. The largest absolute Gasteiger partial charge is 0.356 e. The number of hydrogen-bond acceptors (Lipinski definition) is 7. The molecule has 2 aromatic carbocycles. The van der Waals surface area contributed by atoms with Crippen molar-refractivity contribution in [3.05, 3.63) is 76.9 Å². The molecule has 172 valence electrons. The van der Waals surface area contributed by atoms with E-state index in [1.54, 1.807) is 24.3 Å². The summed E-state index contributed by atoms with van der Waals surface area (Å²) in [4.78, 5) is 25.1. The molecule has 1 aliphatic rings. The summed E-state index contributed by atoms with van der Waals surface area (Å²) in [6.07, 6.45) is 1.16. The van der Waals surface area contributed by atoms with Crippen molar-refractivity contribution in [1.29, 1.82) is 0 Å². The number of benzene rings is 2. The Bertz CT molecular complexity index is 1320. The van der Waals surface area contributed by atoms with Crippen molar-refractivity contribution in [3.8, 4) is 0 Å². The average molecular weight is 492 g/mol. The molecule has 0 aliphatic carbocycles. The third-order valence-electron chi connectivity index (χ3n) is 5.27. The Morgan fingerprint density at radius 2 is 1.85 bits per heavy atom. The molecule has 10 heteroatoms. The Hall–Kier alpha value is -3.56. The van der Waals surface area contributed by atoms with Gasteiger partial charge in [-0.25, -0.2) is 9.97 Å². The van der Waals surface area contributed by atoms with Gasteiger partial charge in [0.2, 0.25) is 0 Å². The molecule has 0 unspecified atom stereocenters. The van der Waals surface area contributed by atoms with Crippen molar-refractivity contribution < 1.29 is 4.79 Å². The molecular weight excluding hydrogens is 470 g/mol. The number of rotatable bonds is 7. The maximum Gasteiger partial charge on any atom is 0.257 e. The molecule has 5 rings (SSSR count). The number of halogens is 1. The zero-order valence-electron chi connectivity index (χ0n) is 18.4. The highest BCUT2D eigenvalue weighted by Gasteiger charge is 2.18. The van der Waals surface area contributed by atoms with E-state index < -0.39 is 0 Å². The van der Waals surface area contributed by atoms with Crippen LogP contribution in [0, 0.1) is 6.92 Å². The fourth-order valence-electron chi connectivity index (χ4n) is 3.40. The average Bonchev–Trinajstić information content (AvgIpc) is 3.18. The highest BCUT2D eigenvalue weighted by atomic mass is 35.5. The molecule has 0 bridgehead atoms. The zero-order chi connectivity index (χ0) is 23.5. The number of nitrogens with zero attached hydrogens (tertiary/aromatic N) is 4. The van der Waals surface area contributed by atoms with Gasteiger partial charge in [0.25, 0.3) is 5.91 Å². The highest BCUT2D eigenvalue weighted by molar-refractivity contribution is 7.99. The van der Waals surface area contributed by atoms with Crippen molar-refractivity contribution in [1.82, 2.24) is 20.2 Å². The van der Waals surface area contributed by atoms with Crippen molar-refractivity contribution >= 4 is 52.4 Å².